The summed E-state index contributed by atoms with van der Waals surface area (Å²) >= 11 is 2.28. The Balaban J connectivity index is 2.56. The normalized spacial score (nSPS) is 30.5. The van der Waals surface area contributed by atoms with E-state index in [9.17, 15) is 0 Å². The second-order valence-electron chi connectivity index (χ2n) is 5.35. The minimum Gasteiger partial charge on any atom is -0.261 e. The molecule has 0 bridgehead atoms. The van der Waals surface area contributed by atoms with Crippen LogP contribution in [0.3, 0.4) is 0 Å². The monoisotopic (exact) mass is 295 g/mol. The molecule has 2 unspecified atom stereocenters. The van der Waals surface area contributed by atoms with E-state index in [1.807, 2.05) is 0 Å². The molecule has 0 aromatic carbocycles. The second-order valence-corrected chi connectivity index (χ2v) is 6.12. The molecule has 2 heteroatoms. The number of nitrogens with one attached hydrogen (secondary N) is 1. The first-order chi connectivity index (χ1) is 6.05. The summed E-state index contributed by atoms with van der Waals surface area (Å²) < 4.78 is 3.31. The van der Waals surface area contributed by atoms with E-state index in [2.05, 4.69) is 47.2 Å². The topological polar surface area (TPSA) is 12.0 Å². The first-order valence-electron chi connectivity index (χ1n) is 5.39. The van der Waals surface area contributed by atoms with Gasteiger partial charge < -0.3 is 0 Å². The van der Waals surface area contributed by atoms with E-state index < -0.39 is 0 Å². The molecule has 1 N–H and O–H groups in total. The molecule has 0 amide bonds. The lowest BCUT2D eigenvalue weighted by Gasteiger charge is -2.40. The van der Waals surface area contributed by atoms with Crippen LogP contribution in [-0.2, 0) is 0 Å². The van der Waals surface area contributed by atoms with Gasteiger partial charge in [0.15, 0.2) is 0 Å². The second kappa shape index (κ2) is 4.96. The molecule has 0 aliphatic heterocycles. The standard InChI is InChI=1S/C11H22IN/c1-11(2,3)10-7-5-4-6-9(10)8-13-12/h9-10,13H,4-8H2,1-3H3. The number of halogens is 1. The Kier molecular flexibility index (Phi) is 4.49. The van der Waals surface area contributed by atoms with Crippen molar-refractivity contribution in [2.75, 3.05) is 6.54 Å². The molecule has 1 nitrogen and oxygen atoms in total. The number of hydrogen-bond acceptors (Lipinski definition) is 1. The third-order valence-corrected chi connectivity index (χ3v) is 3.80. The van der Waals surface area contributed by atoms with Crippen LogP contribution in [0.1, 0.15) is 46.5 Å². The highest BCUT2D eigenvalue weighted by molar-refractivity contribution is 14.1. The molecule has 2 atom stereocenters. The maximum absolute atomic E-state index is 3.31. The fraction of sp³-hybridized carbons (Fsp3) is 1.00. The number of hydrogen-bond donors (Lipinski definition) is 1. The van der Waals surface area contributed by atoms with Crippen LogP contribution in [0.2, 0.25) is 0 Å². The van der Waals surface area contributed by atoms with Crippen LogP contribution in [-0.4, -0.2) is 6.54 Å². The summed E-state index contributed by atoms with van der Waals surface area (Å²) in [5.74, 6) is 1.83. The molecule has 1 rings (SSSR count). The molecule has 78 valence electrons. The van der Waals surface area contributed by atoms with Crippen LogP contribution in [0, 0.1) is 17.3 Å². The van der Waals surface area contributed by atoms with Gasteiger partial charge in [0.2, 0.25) is 0 Å². The molecule has 0 radical (unpaired) electrons. The van der Waals surface area contributed by atoms with Crippen LogP contribution in [0.15, 0.2) is 0 Å². The average Bonchev–Trinajstić information content (AvgIpc) is 2.04. The molecule has 1 saturated carbocycles. The number of rotatable bonds is 2. The zero-order chi connectivity index (χ0) is 9.90. The van der Waals surface area contributed by atoms with Crippen LogP contribution >= 0.6 is 22.9 Å². The van der Waals surface area contributed by atoms with Crippen LogP contribution in [0.25, 0.3) is 0 Å². The molecule has 13 heavy (non-hydrogen) atoms. The zero-order valence-electron chi connectivity index (χ0n) is 9.07. The predicted octanol–water partition coefficient (Wildman–Crippen LogP) is 3.78. The molecular weight excluding hydrogens is 273 g/mol. The first-order valence-corrected chi connectivity index (χ1v) is 6.47. The van der Waals surface area contributed by atoms with Gasteiger partial charge in [-0.2, -0.15) is 0 Å². The molecule has 0 saturated heterocycles. The maximum atomic E-state index is 3.31. The zero-order valence-corrected chi connectivity index (χ0v) is 11.2. The van der Waals surface area contributed by atoms with Crippen molar-refractivity contribution in [2.45, 2.75) is 46.5 Å². The summed E-state index contributed by atoms with van der Waals surface area (Å²) in [7, 11) is 0. The Morgan fingerprint density at radius 1 is 1.23 bits per heavy atom. The maximum Gasteiger partial charge on any atom is 0.0169 e. The molecule has 0 heterocycles. The van der Waals surface area contributed by atoms with Gasteiger partial charge in [0.05, 0.1) is 0 Å². The van der Waals surface area contributed by atoms with Crippen molar-refractivity contribution < 1.29 is 0 Å². The van der Waals surface area contributed by atoms with Crippen molar-refractivity contribution in [3.8, 4) is 0 Å². The minimum absolute atomic E-state index is 0.499. The summed E-state index contributed by atoms with van der Waals surface area (Å²) in [5, 5.41) is 0. The highest BCUT2D eigenvalue weighted by Gasteiger charge is 2.33. The highest BCUT2D eigenvalue weighted by atomic mass is 127. The summed E-state index contributed by atoms with van der Waals surface area (Å²) in [4.78, 5) is 0. The van der Waals surface area contributed by atoms with E-state index in [0.717, 1.165) is 11.8 Å². The van der Waals surface area contributed by atoms with Gasteiger partial charge in [-0.3, -0.25) is 3.53 Å². The van der Waals surface area contributed by atoms with Crippen molar-refractivity contribution in [1.82, 2.24) is 3.53 Å². The van der Waals surface area contributed by atoms with E-state index in [-0.39, 0.29) is 0 Å². The molecule has 0 aromatic rings. The van der Waals surface area contributed by atoms with Crippen molar-refractivity contribution in [3.63, 3.8) is 0 Å². The fourth-order valence-corrected chi connectivity index (χ4v) is 3.26. The quantitative estimate of drug-likeness (QED) is 0.604. The Labute approximate surface area is 96.6 Å². The largest absolute Gasteiger partial charge is 0.261 e. The van der Waals surface area contributed by atoms with Crippen molar-refractivity contribution >= 4 is 22.9 Å². The molecule has 1 fully saturated rings. The highest BCUT2D eigenvalue weighted by Crippen LogP contribution is 2.41. The van der Waals surface area contributed by atoms with Crippen LogP contribution in [0.4, 0.5) is 0 Å². The van der Waals surface area contributed by atoms with E-state index in [0.29, 0.717) is 5.41 Å². The van der Waals surface area contributed by atoms with Gasteiger partial charge in [0.25, 0.3) is 0 Å². The van der Waals surface area contributed by atoms with E-state index in [1.165, 1.54) is 32.2 Å². The minimum atomic E-state index is 0.499. The molecule has 0 aromatic heterocycles. The summed E-state index contributed by atoms with van der Waals surface area (Å²) in [6.07, 6.45) is 5.75. The Morgan fingerprint density at radius 3 is 2.38 bits per heavy atom. The average molecular weight is 295 g/mol. The lowest BCUT2D eigenvalue weighted by molar-refractivity contribution is 0.111. The van der Waals surface area contributed by atoms with Gasteiger partial charge in [-0.25, -0.2) is 0 Å². The molecular formula is C11H22IN. The molecule has 0 spiro atoms. The van der Waals surface area contributed by atoms with E-state index in [4.69, 9.17) is 0 Å². The van der Waals surface area contributed by atoms with Gasteiger partial charge in [0.1, 0.15) is 0 Å². The predicted molar refractivity (Wildman–Crippen MR) is 66.9 cm³/mol. The third-order valence-electron chi connectivity index (χ3n) is 3.36. The Morgan fingerprint density at radius 2 is 1.85 bits per heavy atom. The SMILES string of the molecule is CC(C)(C)C1CCCCC1CNI. The van der Waals surface area contributed by atoms with Gasteiger partial charge in [-0.15, -0.1) is 0 Å². The summed E-state index contributed by atoms with van der Waals surface area (Å²) in [6, 6.07) is 0. The van der Waals surface area contributed by atoms with E-state index in [1.54, 1.807) is 0 Å². The Hall–Kier alpha value is 0.690. The van der Waals surface area contributed by atoms with Gasteiger partial charge in [-0.1, -0.05) is 33.6 Å². The van der Waals surface area contributed by atoms with Crippen molar-refractivity contribution in [3.05, 3.63) is 0 Å². The van der Waals surface area contributed by atoms with Gasteiger partial charge in [0, 0.05) is 29.4 Å². The van der Waals surface area contributed by atoms with Gasteiger partial charge in [-0.05, 0) is 30.1 Å². The van der Waals surface area contributed by atoms with Gasteiger partial charge >= 0.3 is 0 Å². The first kappa shape index (κ1) is 11.8. The fourth-order valence-electron chi connectivity index (χ4n) is 2.69. The van der Waals surface area contributed by atoms with Crippen molar-refractivity contribution in [2.24, 2.45) is 17.3 Å². The third kappa shape index (κ3) is 3.39. The van der Waals surface area contributed by atoms with Crippen LogP contribution < -0.4 is 3.53 Å². The molecule has 1 aliphatic rings. The lowest BCUT2D eigenvalue weighted by atomic mass is 9.66. The Bertz CT molecular complexity index is 149. The molecule has 1 aliphatic carbocycles. The smallest absolute Gasteiger partial charge is 0.0169 e. The summed E-state index contributed by atoms with van der Waals surface area (Å²) in [6.45, 7) is 8.37. The van der Waals surface area contributed by atoms with Crippen molar-refractivity contribution in [1.29, 1.82) is 0 Å². The van der Waals surface area contributed by atoms with Crippen LogP contribution in [0.5, 0.6) is 0 Å². The summed E-state index contributed by atoms with van der Waals surface area (Å²) in [5.41, 5.74) is 0.499. The van der Waals surface area contributed by atoms with E-state index >= 15 is 0 Å². The lowest BCUT2D eigenvalue weighted by Crippen LogP contribution is -2.35.